The molecule has 0 aliphatic carbocycles. The summed E-state index contributed by atoms with van der Waals surface area (Å²) < 4.78 is 13.7. The van der Waals surface area contributed by atoms with Crippen LogP contribution < -0.4 is 0 Å². The van der Waals surface area contributed by atoms with Crippen LogP contribution in [0.2, 0.25) is 0 Å². The quantitative estimate of drug-likeness (QED) is 0.428. The second-order valence-corrected chi connectivity index (χ2v) is 2.36. The SMILES string of the molecule is O=S1CCC=N1. The van der Waals surface area contributed by atoms with E-state index in [1.54, 1.807) is 6.21 Å². The van der Waals surface area contributed by atoms with Crippen LogP contribution in [-0.2, 0) is 11.0 Å². The first kappa shape index (κ1) is 3.99. The van der Waals surface area contributed by atoms with Gasteiger partial charge in [-0.25, -0.2) is 8.61 Å². The minimum Gasteiger partial charge on any atom is -0.235 e. The highest BCUT2D eigenvalue weighted by atomic mass is 32.2. The van der Waals surface area contributed by atoms with Gasteiger partial charge in [-0.15, -0.1) is 0 Å². The normalized spacial score (nSPS) is 31.7. The van der Waals surface area contributed by atoms with Crippen molar-refractivity contribution in [1.29, 1.82) is 0 Å². The highest BCUT2D eigenvalue weighted by Gasteiger charge is 1.98. The lowest BCUT2D eigenvalue weighted by molar-refractivity contribution is 0.686. The van der Waals surface area contributed by atoms with Crippen molar-refractivity contribution in [2.75, 3.05) is 5.75 Å². The molecule has 1 heterocycles. The Bertz CT molecular complexity index is 99.0. The predicted octanol–water partition coefficient (Wildman–Crippen LogP) is 0.125. The van der Waals surface area contributed by atoms with Crippen molar-refractivity contribution in [1.82, 2.24) is 0 Å². The standard InChI is InChI=1S/C3H5NOS/c5-6-3-1-2-4-6/h2H,1,3H2. The number of hydrogen-bond acceptors (Lipinski definition) is 1. The zero-order chi connectivity index (χ0) is 4.41. The third kappa shape index (κ3) is 0.653. The van der Waals surface area contributed by atoms with E-state index in [2.05, 4.69) is 4.40 Å². The molecule has 6 heavy (non-hydrogen) atoms. The van der Waals surface area contributed by atoms with Gasteiger partial charge in [0.25, 0.3) is 0 Å². The van der Waals surface area contributed by atoms with Crippen LogP contribution in [0.1, 0.15) is 6.42 Å². The van der Waals surface area contributed by atoms with Crippen LogP contribution in [0, 0.1) is 0 Å². The molecule has 1 atom stereocenters. The summed E-state index contributed by atoms with van der Waals surface area (Å²) in [6.45, 7) is 0. The van der Waals surface area contributed by atoms with Gasteiger partial charge >= 0.3 is 0 Å². The van der Waals surface area contributed by atoms with Gasteiger partial charge in [0.05, 0.1) is 0 Å². The Balaban J connectivity index is 2.59. The molecule has 1 rings (SSSR count). The molecule has 1 unspecified atom stereocenters. The van der Waals surface area contributed by atoms with Crippen LogP contribution in [0.15, 0.2) is 4.40 Å². The Morgan fingerprint density at radius 1 is 1.83 bits per heavy atom. The van der Waals surface area contributed by atoms with Gasteiger partial charge < -0.3 is 0 Å². The van der Waals surface area contributed by atoms with Gasteiger partial charge in [0.15, 0.2) is 0 Å². The van der Waals surface area contributed by atoms with Gasteiger partial charge in [0.2, 0.25) is 0 Å². The zero-order valence-electron chi connectivity index (χ0n) is 3.26. The van der Waals surface area contributed by atoms with Crippen LogP contribution >= 0.6 is 0 Å². The van der Waals surface area contributed by atoms with Crippen molar-refractivity contribution < 1.29 is 4.21 Å². The van der Waals surface area contributed by atoms with E-state index in [9.17, 15) is 4.21 Å². The highest BCUT2D eigenvalue weighted by Crippen LogP contribution is 1.93. The van der Waals surface area contributed by atoms with Gasteiger partial charge in [0, 0.05) is 12.0 Å². The fourth-order valence-corrected chi connectivity index (χ4v) is 1.03. The predicted molar refractivity (Wildman–Crippen MR) is 26.1 cm³/mol. The minimum atomic E-state index is -0.853. The molecule has 0 spiro atoms. The van der Waals surface area contributed by atoms with E-state index in [0.29, 0.717) is 0 Å². The largest absolute Gasteiger partial charge is 0.235 e. The van der Waals surface area contributed by atoms with Gasteiger partial charge in [-0.2, -0.15) is 0 Å². The lowest BCUT2D eigenvalue weighted by Gasteiger charge is -1.71. The van der Waals surface area contributed by atoms with E-state index in [1.807, 2.05) is 0 Å². The summed E-state index contributed by atoms with van der Waals surface area (Å²) in [6, 6.07) is 0. The molecule has 1 aliphatic heterocycles. The Kier molecular flexibility index (Phi) is 1.01. The summed E-state index contributed by atoms with van der Waals surface area (Å²) in [7, 11) is -0.853. The van der Waals surface area contributed by atoms with Crippen LogP contribution in [0.3, 0.4) is 0 Å². The van der Waals surface area contributed by atoms with Crippen LogP contribution in [0.5, 0.6) is 0 Å². The molecule has 1 aliphatic rings. The Labute approximate surface area is 38.9 Å². The van der Waals surface area contributed by atoms with E-state index >= 15 is 0 Å². The molecule has 0 radical (unpaired) electrons. The van der Waals surface area contributed by atoms with Crippen molar-refractivity contribution in [2.45, 2.75) is 6.42 Å². The molecule has 0 bridgehead atoms. The van der Waals surface area contributed by atoms with E-state index in [0.717, 1.165) is 12.2 Å². The summed E-state index contributed by atoms with van der Waals surface area (Å²) in [4.78, 5) is 0. The molecule has 0 aromatic rings. The molecule has 0 aromatic carbocycles. The first-order valence-corrected chi connectivity index (χ1v) is 3.08. The average molecular weight is 103 g/mol. The Morgan fingerprint density at radius 2 is 2.67 bits per heavy atom. The molecule has 3 heteroatoms. The van der Waals surface area contributed by atoms with E-state index in [1.165, 1.54) is 0 Å². The maximum atomic E-state index is 10.2. The summed E-state index contributed by atoms with van der Waals surface area (Å²) in [6.07, 6.45) is 2.60. The monoisotopic (exact) mass is 103 g/mol. The first-order chi connectivity index (χ1) is 2.89. The van der Waals surface area contributed by atoms with Crippen molar-refractivity contribution in [2.24, 2.45) is 4.40 Å². The zero-order valence-corrected chi connectivity index (χ0v) is 4.07. The molecular weight excluding hydrogens is 98.1 g/mol. The van der Waals surface area contributed by atoms with Crippen molar-refractivity contribution in [3.8, 4) is 0 Å². The number of rotatable bonds is 0. The van der Waals surface area contributed by atoms with Gasteiger partial charge in [-0.3, -0.25) is 0 Å². The van der Waals surface area contributed by atoms with E-state index in [-0.39, 0.29) is 0 Å². The second-order valence-electron chi connectivity index (χ2n) is 1.10. The Morgan fingerprint density at radius 3 is 2.83 bits per heavy atom. The summed E-state index contributed by atoms with van der Waals surface area (Å²) in [5.41, 5.74) is 0. The van der Waals surface area contributed by atoms with Crippen LogP contribution in [0.25, 0.3) is 0 Å². The fraction of sp³-hybridized carbons (Fsp3) is 0.667. The maximum absolute atomic E-state index is 10.2. The van der Waals surface area contributed by atoms with Crippen molar-refractivity contribution >= 4 is 17.2 Å². The van der Waals surface area contributed by atoms with Gasteiger partial charge in [-0.1, -0.05) is 0 Å². The van der Waals surface area contributed by atoms with Crippen molar-refractivity contribution in [3.63, 3.8) is 0 Å². The minimum absolute atomic E-state index is 0.736. The first-order valence-electron chi connectivity index (χ1n) is 1.80. The summed E-state index contributed by atoms with van der Waals surface area (Å²) in [5, 5.41) is 0. The molecule has 0 N–H and O–H groups in total. The number of hydrogen-bond donors (Lipinski definition) is 0. The molecule has 2 nitrogen and oxygen atoms in total. The average Bonchev–Trinajstić information content (AvgIpc) is 1.86. The van der Waals surface area contributed by atoms with Crippen LogP contribution in [-0.4, -0.2) is 16.2 Å². The second kappa shape index (κ2) is 1.51. The summed E-state index contributed by atoms with van der Waals surface area (Å²) in [5.74, 6) is 0.736. The smallest absolute Gasteiger partial charge is 0.139 e. The van der Waals surface area contributed by atoms with E-state index < -0.39 is 11.0 Å². The third-order valence-corrected chi connectivity index (χ3v) is 1.58. The maximum Gasteiger partial charge on any atom is 0.139 e. The van der Waals surface area contributed by atoms with Gasteiger partial charge in [-0.05, 0) is 6.42 Å². The molecular formula is C3H5NOS. The molecule has 34 valence electrons. The third-order valence-electron chi connectivity index (χ3n) is 0.614. The highest BCUT2D eigenvalue weighted by molar-refractivity contribution is 7.84. The van der Waals surface area contributed by atoms with Crippen molar-refractivity contribution in [3.05, 3.63) is 0 Å². The fourth-order valence-electron chi connectivity index (χ4n) is 0.342. The molecule has 0 saturated carbocycles. The molecule has 0 amide bonds. The topological polar surface area (TPSA) is 29.4 Å². The van der Waals surface area contributed by atoms with Crippen LogP contribution in [0.4, 0.5) is 0 Å². The lowest BCUT2D eigenvalue weighted by atomic mass is 10.6. The molecule has 0 fully saturated rings. The molecule has 0 aromatic heterocycles. The van der Waals surface area contributed by atoms with E-state index in [4.69, 9.17) is 0 Å². The number of nitrogens with zero attached hydrogens (tertiary/aromatic N) is 1. The molecule has 0 saturated heterocycles. The lowest BCUT2D eigenvalue weighted by Crippen LogP contribution is -1.80. The Hall–Kier alpha value is -0.180. The summed E-state index contributed by atoms with van der Waals surface area (Å²) >= 11 is 0. The van der Waals surface area contributed by atoms with Gasteiger partial charge in [0.1, 0.15) is 11.0 Å².